The van der Waals surface area contributed by atoms with Crippen molar-refractivity contribution in [2.24, 2.45) is 0 Å². The number of hydrogen-bond donors (Lipinski definition) is 1. The fraction of sp³-hybridized carbons (Fsp3) is 0.118. The van der Waals surface area contributed by atoms with Gasteiger partial charge >= 0.3 is 0 Å². The van der Waals surface area contributed by atoms with Crippen molar-refractivity contribution in [3.05, 3.63) is 66.5 Å². The molecule has 0 fully saturated rings. The molecule has 1 atom stereocenters. The quantitative estimate of drug-likeness (QED) is 0.799. The Kier molecular flexibility index (Phi) is 3.97. The highest BCUT2D eigenvalue weighted by Gasteiger charge is 2.10. The van der Waals surface area contributed by atoms with E-state index >= 15 is 0 Å². The SMILES string of the molecule is CS(=O)Cc1cc(-c2ccccc2)ccc1-c1ncc[nH]1. The van der Waals surface area contributed by atoms with Gasteiger partial charge in [-0.05, 0) is 22.8 Å². The third-order valence-corrected chi connectivity index (χ3v) is 4.04. The number of aromatic nitrogens is 2. The highest BCUT2D eigenvalue weighted by molar-refractivity contribution is 7.83. The zero-order valence-electron chi connectivity index (χ0n) is 11.7. The molecule has 0 aliphatic rings. The summed E-state index contributed by atoms with van der Waals surface area (Å²) in [4.78, 5) is 7.42. The molecule has 1 heterocycles. The lowest BCUT2D eigenvalue weighted by atomic mass is 9.99. The summed E-state index contributed by atoms with van der Waals surface area (Å²) in [5.74, 6) is 1.34. The maximum absolute atomic E-state index is 11.7. The molecular weight excluding hydrogens is 280 g/mol. The van der Waals surface area contributed by atoms with Gasteiger partial charge in [0, 0.05) is 40.8 Å². The van der Waals surface area contributed by atoms with Crippen LogP contribution in [0.1, 0.15) is 5.56 Å². The molecule has 0 bridgehead atoms. The average Bonchev–Trinajstić information content (AvgIpc) is 3.01. The molecule has 106 valence electrons. The van der Waals surface area contributed by atoms with Crippen molar-refractivity contribution in [1.29, 1.82) is 0 Å². The van der Waals surface area contributed by atoms with E-state index in [9.17, 15) is 4.21 Å². The van der Waals surface area contributed by atoms with Gasteiger partial charge < -0.3 is 4.98 Å². The van der Waals surface area contributed by atoms with Crippen molar-refractivity contribution < 1.29 is 4.21 Å². The summed E-state index contributed by atoms with van der Waals surface area (Å²) in [5.41, 5.74) is 4.35. The second-order valence-electron chi connectivity index (χ2n) is 4.89. The first-order valence-corrected chi connectivity index (χ1v) is 8.45. The zero-order valence-corrected chi connectivity index (χ0v) is 12.6. The Bertz CT molecular complexity index is 752. The molecule has 2 aromatic carbocycles. The first-order valence-electron chi connectivity index (χ1n) is 6.72. The van der Waals surface area contributed by atoms with E-state index in [2.05, 4.69) is 34.2 Å². The minimum Gasteiger partial charge on any atom is -0.345 e. The molecule has 1 N–H and O–H groups in total. The van der Waals surface area contributed by atoms with Crippen LogP contribution in [0.25, 0.3) is 22.5 Å². The summed E-state index contributed by atoms with van der Waals surface area (Å²) in [5, 5.41) is 0. The molecule has 0 saturated carbocycles. The van der Waals surface area contributed by atoms with Gasteiger partial charge in [-0.3, -0.25) is 4.21 Å². The normalized spacial score (nSPS) is 12.2. The lowest BCUT2D eigenvalue weighted by Gasteiger charge is -2.10. The smallest absolute Gasteiger partial charge is 0.137 e. The van der Waals surface area contributed by atoms with Gasteiger partial charge in [-0.25, -0.2) is 4.98 Å². The van der Waals surface area contributed by atoms with Crippen LogP contribution in [0.5, 0.6) is 0 Å². The summed E-state index contributed by atoms with van der Waals surface area (Å²) in [6, 6.07) is 16.4. The van der Waals surface area contributed by atoms with Crippen molar-refractivity contribution in [3.8, 4) is 22.5 Å². The molecule has 0 aliphatic carbocycles. The van der Waals surface area contributed by atoms with Crippen LogP contribution < -0.4 is 0 Å². The Balaban J connectivity index is 2.09. The molecule has 0 radical (unpaired) electrons. The van der Waals surface area contributed by atoms with E-state index in [4.69, 9.17) is 0 Å². The third kappa shape index (κ3) is 3.11. The Morgan fingerprint density at radius 1 is 1.10 bits per heavy atom. The number of benzene rings is 2. The topological polar surface area (TPSA) is 45.8 Å². The largest absolute Gasteiger partial charge is 0.345 e. The van der Waals surface area contributed by atoms with Crippen LogP contribution in [0.2, 0.25) is 0 Å². The summed E-state index contributed by atoms with van der Waals surface area (Å²) in [6.45, 7) is 0. The standard InChI is InChI=1S/C17H16N2OS/c1-21(20)12-15-11-14(13-5-3-2-4-6-13)7-8-16(15)17-18-9-10-19-17/h2-11H,12H2,1H3,(H,18,19). The lowest BCUT2D eigenvalue weighted by molar-refractivity contribution is 0.686. The first-order chi connectivity index (χ1) is 10.2. The fourth-order valence-corrected chi connectivity index (χ4v) is 3.06. The predicted octanol–water partition coefficient (Wildman–Crippen LogP) is 3.62. The van der Waals surface area contributed by atoms with Crippen LogP contribution in [0.15, 0.2) is 60.9 Å². The molecule has 3 aromatic rings. The predicted molar refractivity (Wildman–Crippen MR) is 87.2 cm³/mol. The van der Waals surface area contributed by atoms with Gasteiger partial charge in [0.2, 0.25) is 0 Å². The number of imidazole rings is 1. The van der Waals surface area contributed by atoms with Crippen molar-refractivity contribution in [1.82, 2.24) is 9.97 Å². The van der Waals surface area contributed by atoms with Crippen LogP contribution in [-0.2, 0) is 16.6 Å². The van der Waals surface area contributed by atoms with Gasteiger partial charge in [0.15, 0.2) is 0 Å². The molecule has 4 heteroatoms. The van der Waals surface area contributed by atoms with Crippen LogP contribution in [0.4, 0.5) is 0 Å². The van der Waals surface area contributed by atoms with Crippen LogP contribution in [0, 0.1) is 0 Å². The second-order valence-corrected chi connectivity index (χ2v) is 6.33. The van der Waals surface area contributed by atoms with Gasteiger partial charge in [-0.2, -0.15) is 0 Å². The van der Waals surface area contributed by atoms with Crippen molar-refractivity contribution in [2.75, 3.05) is 6.26 Å². The Morgan fingerprint density at radius 2 is 1.90 bits per heavy atom. The third-order valence-electron chi connectivity index (χ3n) is 3.32. The number of H-pyrrole nitrogens is 1. The Morgan fingerprint density at radius 3 is 2.57 bits per heavy atom. The van der Waals surface area contributed by atoms with E-state index in [0.29, 0.717) is 5.75 Å². The molecular formula is C17H16N2OS. The first kappa shape index (κ1) is 13.8. The fourth-order valence-electron chi connectivity index (χ4n) is 2.39. The van der Waals surface area contributed by atoms with Crippen LogP contribution in [0.3, 0.4) is 0 Å². The van der Waals surface area contributed by atoms with Gasteiger partial charge in [0.25, 0.3) is 0 Å². The lowest BCUT2D eigenvalue weighted by Crippen LogP contribution is -1.97. The van der Waals surface area contributed by atoms with E-state index in [1.807, 2.05) is 24.3 Å². The highest BCUT2D eigenvalue weighted by Crippen LogP contribution is 2.28. The number of aromatic amines is 1. The van der Waals surface area contributed by atoms with Crippen LogP contribution in [-0.4, -0.2) is 20.4 Å². The minimum atomic E-state index is -0.895. The Labute approximate surface area is 126 Å². The minimum absolute atomic E-state index is 0.525. The monoisotopic (exact) mass is 296 g/mol. The van der Waals surface area contributed by atoms with Gasteiger partial charge in [0.1, 0.15) is 5.82 Å². The molecule has 1 unspecified atom stereocenters. The molecule has 0 saturated heterocycles. The summed E-state index contributed by atoms with van der Waals surface area (Å²) >= 11 is 0. The number of nitrogens with one attached hydrogen (secondary N) is 1. The summed E-state index contributed by atoms with van der Waals surface area (Å²) in [6.07, 6.45) is 5.25. The highest BCUT2D eigenvalue weighted by atomic mass is 32.2. The van der Waals surface area contributed by atoms with Crippen molar-refractivity contribution >= 4 is 10.8 Å². The number of nitrogens with zero attached hydrogens (tertiary/aromatic N) is 1. The molecule has 3 rings (SSSR count). The number of rotatable bonds is 4. The summed E-state index contributed by atoms with van der Waals surface area (Å²) < 4.78 is 11.7. The molecule has 21 heavy (non-hydrogen) atoms. The zero-order chi connectivity index (χ0) is 14.7. The average molecular weight is 296 g/mol. The van der Waals surface area contributed by atoms with E-state index < -0.39 is 10.8 Å². The van der Waals surface area contributed by atoms with Gasteiger partial charge in [0.05, 0.1) is 0 Å². The number of hydrogen-bond acceptors (Lipinski definition) is 2. The van der Waals surface area contributed by atoms with Crippen LogP contribution >= 0.6 is 0 Å². The molecule has 0 spiro atoms. The summed E-state index contributed by atoms with van der Waals surface area (Å²) in [7, 11) is -0.895. The maximum atomic E-state index is 11.7. The van der Waals surface area contributed by atoms with Gasteiger partial charge in [-0.1, -0.05) is 42.5 Å². The maximum Gasteiger partial charge on any atom is 0.137 e. The van der Waals surface area contributed by atoms with E-state index in [-0.39, 0.29) is 0 Å². The van der Waals surface area contributed by atoms with E-state index in [1.165, 1.54) is 0 Å². The van der Waals surface area contributed by atoms with Crippen molar-refractivity contribution in [2.45, 2.75) is 5.75 Å². The van der Waals surface area contributed by atoms with Crippen molar-refractivity contribution in [3.63, 3.8) is 0 Å². The molecule has 0 amide bonds. The second kappa shape index (κ2) is 6.06. The van der Waals surface area contributed by atoms with Gasteiger partial charge in [-0.15, -0.1) is 0 Å². The molecule has 3 nitrogen and oxygen atoms in total. The van der Waals surface area contributed by atoms with E-state index in [1.54, 1.807) is 18.6 Å². The molecule has 1 aromatic heterocycles. The Hall–Kier alpha value is -2.20. The van der Waals surface area contributed by atoms with E-state index in [0.717, 1.165) is 28.1 Å². The molecule has 0 aliphatic heterocycles.